The first-order valence-corrected chi connectivity index (χ1v) is 10.6. The number of aromatic nitrogens is 4. The first kappa shape index (κ1) is 18.1. The lowest BCUT2D eigenvalue weighted by Crippen LogP contribution is -2.55. The minimum atomic E-state index is -3.64. The number of nitrogens with zero attached hydrogens (tertiary/aromatic N) is 5. The van der Waals surface area contributed by atoms with Crippen LogP contribution in [0.2, 0.25) is 0 Å². The molecular formula is C17H22N6O3S. The van der Waals surface area contributed by atoms with E-state index in [1.807, 2.05) is 0 Å². The molecule has 0 saturated heterocycles. The molecular weight excluding hydrogens is 368 g/mol. The summed E-state index contributed by atoms with van der Waals surface area (Å²) < 4.78 is 26.9. The molecule has 1 N–H and O–H groups in total. The number of hydrogen-bond acceptors (Lipinski definition) is 6. The summed E-state index contributed by atoms with van der Waals surface area (Å²) in [5.41, 5.74) is 3.85. The molecule has 1 fully saturated rings. The maximum Gasteiger partial charge on any atom is 0.287 e. The number of fused-ring (bicyclic) bond motifs is 3. The summed E-state index contributed by atoms with van der Waals surface area (Å²) in [5.74, 6) is 0.928. The van der Waals surface area contributed by atoms with Crippen molar-refractivity contribution in [3.05, 3.63) is 35.5 Å². The zero-order valence-corrected chi connectivity index (χ0v) is 16.5. The highest BCUT2D eigenvalue weighted by atomic mass is 32.2. The number of nitrogens with one attached hydrogen (secondary N) is 1. The summed E-state index contributed by atoms with van der Waals surface area (Å²) in [7, 11) is -3.64. The highest BCUT2D eigenvalue weighted by Crippen LogP contribution is 2.57. The number of carbonyl (C=O) groups excluding carboxylic acids is 1. The molecule has 10 heteroatoms. The van der Waals surface area contributed by atoms with Crippen LogP contribution < -0.4 is 5.43 Å². The predicted octanol–water partition coefficient (Wildman–Crippen LogP) is 1.03. The van der Waals surface area contributed by atoms with Crippen molar-refractivity contribution in [1.82, 2.24) is 29.6 Å². The Balaban J connectivity index is 1.73. The average molecular weight is 390 g/mol. The number of amides is 1. The van der Waals surface area contributed by atoms with E-state index in [0.29, 0.717) is 17.7 Å². The Morgan fingerprint density at radius 2 is 2.07 bits per heavy atom. The van der Waals surface area contributed by atoms with Crippen LogP contribution in [0.4, 0.5) is 0 Å². The van der Waals surface area contributed by atoms with Gasteiger partial charge in [-0.2, -0.15) is 5.10 Å². The van der Waals surface area contributed by atoms with Crippen molar-refractivity contribution < 1.29 is 13.2 Å². The van der Waals surface area contributed by atoms with Gasteiger partial charge in [-0.3, -0.25) is 15.2 Å². The molecule has 2 heterocycles. The van der Waals surface area contributed by atoms with Crippen LogP contribution in [0, 0.1) is 5.92 Å². The second-order valence-electron chi connectivity index (χ2n) is 8.13. The molecule has 0 aliphatic heterocycles. The molecule has 0 bridgehead atoms. The molecule has 27 heavy (non-hydrogen) atoms. The fourth-order valence-electron chi connectivity index (χ4n) is 3.77. The van der Waals surface area contributed by atoms with Crippen molar-refractivity contribution in [3.63, 3.8) is 0 Å². The molecule has 2 aromatic rings. The molecule has 1 saturated carbocycles. The quantitative estimate of drug-likeness (QED) is 0.781. The van der Waals surface area contributed by atoms with Gasteiger partial charge in [-0.15, -0.1) is 4.41 Å². The third-order valence-corrected chi connectivity index (χ3v) is 6.19. The van der Waals surface area contributed by atoms with Gasteiger partial charge in [0.25, 0.3) is 5.91 Å². The molecule has 2 aliphatic rings. The number of hydrogen-bond donors (Lipinski definition) is 1. The molecule has 2 aromatic heterocycles. The first-order valence-electron chi connectivity index (χ1n) is 8.77. The lowest BCUT2D eigenvalue weighted by molar-refractivity contribution is 0.0793. The van der Waals surface area contributed by atoms with Crippen LogP contribution in [-0.2, 0) is 16.4 Å². The molecule has 9 nitrogen and oxygen atoms in total. The summed E-state index contributed by atoms with van der Waals surface area (Å²) in [4.78, 5) is 21.3. The Morgan fingerprint density at radius 3 is 2.67 bits per heavy atom. The molecule has 0 aromatic carbocycles. The van der Waals surface area contributed by atoms with Crippen LogP contribution in [0.1, 0.15) is 54.9 Å². The molecule has 0 radical (unpaired) electrons. The number of rotatable bonds is 4. The molecule has 4 rings (SSSR count). The minimum absolute atomic E-state index is 0.251. The van der Waals surface area contributed by atoms with Gasteiger partial charge < -0.3 is 0 Å². The summed E-state index contributed by atoms with van der Waals surface area (Å²) in [6, 6.07) is 0. The van der Waals surface area contributed by atoms with Gasteiger partial charge in [0.2, 0.25) is 10.0 Å². The molecule has 0 unspecified atom stereocenters. The second kappa shape index (κ2) is 5.83. The largest absolute Gasteiger partial charge is 0.287 e. The third-order valence-electron chi connectivity index (χ3n) is 4.89. The number of hydrazine groups is 1. The Labute approximate surface area is 157 Å². The van der Waals surface area contributed by atoms with Crippen molar-refractivity contribution >= 4 is 15.9 Å². The molecule has 0 spiro atoms. The van der Waals surface area contributed by atoms with E-state index >= 15 is 0 Å². The van der Waals surface area contributed by atoms with Crippen LogP contribution in [0.3, 0.4) is 0 Å². The van der Waals surface area contributed by atoms with Gasteiger partial charge in [-0.25, -0.2) is 18.1 Å². The van der Waals surface area contributed by atoms with Crippen molar-refractivity contribution in [1.29, 1.82) is 0 Å². The van der Waals surface area contributed by atoms with Crippen molar-refractivity contribution in [2.75, 3.05) is 6.26 Å². The first-order chi connectivity index (χ1) is 12.6. The summed E-state index contributed by atoms with van der Waals surface area (Å²) in [6.07, 6.45) is 7.68. The Hall–Kier alpha value is -2.33. The highest BCUT2D eigenvalue weighted by Gasteiger charge is 2.50. The smallest absolute Gasteiger partial charge is 0.269 e. The van der Waals surface area contributed by atoms with Crippen molar-refractivity contribution in [2.24, 2.45) is 5.92 Å². The monoisotopic (exact) mass is 390 g/mol. The van der Waals surface area contributed by atoms with Crippen molar-refractivity contribution in [2.45, 2.75) is 45.1 Å². The van der Waals surface area contributed by atoms with E-state index < -0.39 is 21.5 Å². The van der Waals surface area contributed by atoms with Gasteiger partial charge in [-0.1, -0.05) is 0 Å². The van der Waals surface area contributed by atoms with Gasteiger partial charge in [0, 0.05) is 29.4 Å². The van der Waals surface area contributed by atoms with Gasteiger partial charge in [0.05, 0.1) is 18.1 Å². The minimum Gasteiger partial charge on any atom is -0.269 e. The molecule has 2 atom stereocenters. The normalized spacial score (nSPS) is 21.1. The summed E-state index contributed by atoms with van der Waals surface area (Å²) >= 11 is 0. The fraction of sp³-hybridized carbons (Fsp3) is 0.529. The molecule has 1 amide bonds. The van der Waals surface area contributed by atoms with E-state index in [1.54, 1.807) is 44.0 Å². The van der Waals surface area contributed by atoms with Crippen LogP contribution in [0.15, 0.2) is 18.6 Å². The van der Waals surface area contributed by atoms with E-state index in [1.165, 1.54) is 0 Å². The van der Waals surface area contributed by atoms with Gasteiger partial charge in [-0.05, 0) is 39.5 Å². The second-order valence-corrected chi connectivity index (χ2v) is 9.96. The summed E-state index contributed by atoms with van der Waals surface area (Å²) in [5, 5.41) is 4.48. The van der Waals surface area contributed by atoms with E-state index in [-0.39, 0.29) is 5.69 Å². The van der Waals surface area contributed by atoms with E-state index in [2.05, 4.69) is 20.5 Å². The maximum absolute atomic E-state index is 12.9. The number of carbonyl (C=O) groups is 1. The van der Waals surface area contributed by atoms with E-state index in [9.17, 15) is 13.2 Å². The Bertz CT molecular complexity index is 1010. The number of sulfonamides is 1. The Morgan fingerprint density at radius 1 is 1.33 bits per heavy atom. The third kappa shape index (κ3) is 3.12. The summed E-state index contributed by atoms with van der Waals surface area (Å²) in [6.45, 7) is 5.14. The average Bonchev–Trinajstić information content (AvgIpc) is 3.07. The van der Waals surface area contributed by atoms with Crippen LogP contribution >= 0.6 is 0 Å². The van der Waals surface area contributed by atoms with Crippen molar-refractivity contribution in [3.8, 4) is 5.82 Å². The topological polar surface area (TPSA) is 110 Å². The zero-order chi connectivity index (χ0) is 19.6. The van der Waals surface area contributed by atoms with E-state index in [4.69, 9.17) is 0 Å². The van der Waals surface area contributed by atoms with Gasteiger partial charge in [0.1, 0.15) is 0 Å². The highest BCUT2D eigenvalue weighted by molar-refractivity contribution is 7.88. The maximum atomic E-state index is 12.9. The van der Waals surface area contributed by atoms with Crippen LogP contribution in [0.5, 0.6) is 0 Å². The van der Waals surface area contributed by atoms with Gasteiger partial charge >= 0.3 is 0 Å². The fourth-order valence-corrected chi connectivity index (χ4v) is 5.01. The lowest BCUT2D eigenvalue weighted by Gasteiger charge is -2.32. The zero-order valence-electron chi connectivity index (χ0n) is 15.7. The SMILES string of the molecule is CC(C)(C)N(NC(=O)c1nn(-c2cnccn2)c2c1C[C@H]1C[C@@H]21)S(C)(=O)=O. The van der Waals surface area contributed by atoms with E-state index in [0.717, 1.165) is 34.8 Å². The standard InChI is InChI=1S/C17H22N6O3S/c1-17(2,3)23(27(4,25)26)21-16(24)14-12-8-10-7-11(10)15(12)22(20-14)13-9-18-5-6-19-13/h5-6,9-11H,7-8H2,1-4H3,(H,21,24)/t10-,11-/m1/s1. The molecule has 2 aliphatic carbocycles. The van der Waals surface area contributed by atoms with Crippen LogP contribution in [0.25, 0.3) is 5.82 Å². The predicted molar refractivity (Wildman–Crippen MR) is 97.6 cm³/mol. The lowest BCUT2D eigenvalue weighted by atomic mass is 10.1. The Kier molecular flexibility index (Phi) is 3.90. The van der Waals surface area contributed by atoms with Gasteiger partial charge in [0.15, 0.2) is 11.5 Å². The van der Waals surface area contributed by atoms with Crippen LogP contribution in [-0.4, -0.2) is 50.3 Å². The molecule has 144 valence electrons.